The Kier molecular flexibility index (Phi) is 11.1. The number of Topliss-reactive ketones (excluding diaryl/α,β-unsaturated/α-hetero) is 2. The summed E-state index contributed by atoms with van der Waals surface area (Å²) in [6, 6.07) is 0. The average molecular weight is 396 g/mol. The smallest absolute Gasteiger partial charge is 0.410 e. The van der Waals surface area contributed by atoms with E-state index in [2.05, 4.69) is 11.8 Å². The number of nitrogens with zero attached hydrogens (tertiary/aromatic N) is 1. The first kappa shape index (κ1) is 24.7. The van der Waals surface area contributed by atoms with Crippen molar-refractivity contribution in [3.05, 3.63) is 0 Å². The van der Waals surface area contributed by atoms with E-state index in [-0.39, 0.29) is 42.6 Å². The van der Waals surface area contributed by atoms with Crippen molar-refractivity contribution in [1.82, 2.24) is 4.90 Å². The number of hydrogen-bond acceptors (Lipinski definition) is 5. The lowest BCUT2D eigenvalue weighted by atomic mass is 9.90. The molecule has 1 aliphatic rings. The highest BCUT2D eigenvalue weighted by molar-refractivity contribution is 6.63. The van der Waals surface area contributed by atoms with Gasteiger partial charge < -0.3 is 9.64 Å². The van der Waals surface area contributed by atoms with Crippen molar-refractivity contribution < 1.29 is 23.9 Å². The summed E-state index contributed by atoms with van der Waals surface area (Å²) in [5, 5.41) is -0.363. The predicted molar refractivity (Wildman–Crippen MR) is 103 cm³/mol. The summed E-state index contributed by atoms with van der Waals surface area (Å²) in [5.41, 5.74) is -0.596. The van der Waals surface area contributed by atoms with Crippen LogP contribution in [0.2, 0.25) is 0 Å². The van der Waals surface area contributed by atoms with Crippen molar-refractivity contribution in [2.75, 3.05) is 13.1 Å². The van der Waals surface area contributed by atoms with E-state index in [1.165, 1.54) is 4.90 Å². The number of ether oxygens (including phenoxy) is 1. The number of likely N-dealkylation sites (tertiary alicyclic amines) is 1. The van der Waals surface area contributed by atoms with Gasteiger partial charge in [0.15, 0.2) is 0 Å². The van der Waals surface area contributed by atoms with E-state index in [0.29, 0.717) is 19.4 Å². The van der Waals surface area contributed by atoms with Crippen LogP contribution in [-0.4, -0.2) is 46.5 Å². The third kappa shape index (κ3) is 11.1. The summed E-state index contributed by atoms with van der Waals surface area (Å²) in [7, 11) is 0. The first-order valence-electron chi connectivity index (χ1n) is 8.60. The van der Waals surface area contributed by atoms with Crippen LogP contribution in [0.15, 0.2) is 0 Å². The van der Waals surface area contributed by atoms with Crippen molar-refractivity contribution in [2.45, 2.75) is 58.5 Å². The number of carbonyl (C=O) groups is 4. The van der Waals surface area contributed by atoms with Gasteiger partial charge in [0.25, 0.3) is 0 Å². The summed E-state index contributed by atoms with van der Waals surface area (Å²) in [6.45, 7) is 5.71. The standard InChI is InChI=1S/C15H21NO4.C5H5ClO/c1-5-6-7-12(17)11-10-16(9-8-13(11)18)14(19)20-15(2,3)4;1-2-3-4-5(6)7/h1,11H,6-10H2,2-4H3;1H,3-4H2. The predicted octanol–water partition coefficient (Wildman–Crippen LogP) is 2.96. The number of ketones is 2. The molecule has 1 aliphatic heterocycles. The summed E-state index contributed by atoms with van der Waals surface area (Å²) in [6.07, 6.45) is 10.9. The highest BCUT2D eigenvalue weighted by Gasteiger charge is 2.35. The molecule has 1 atom stereocenters. The van der Waals surface area contributed by atoms with Crippen molar-refractivity contribution in [2.24, 2.45) is 5.92 Å². The summed E-state index contributed by atoms with van der Waals surface area (Å²) in [4.78, 5) is 47.0. The van der Waals surface area contributed by atoms with Crippen LogP contribution in [0.1, 0.15) is 52.9 Å². The van der Waals surface area contributed by atoms with Gasteiger partial charge in [0, 0.05) is 45.2 Å². The monoisotopic (exact) mass is 395 g/mol. The second-order valence-corrected chi connectivity index (χ2v) is 7.35. The minimum absolute atomic E-state index is 0.0944. The van der Waals surface area contributed by atoms with E-state index >= 15 is 0 Å². The third-order valence-corrected chi connectivity index (χ3v) is 3.63. The molecule has 1 heterocycles. The Labute approximate surface area is 165 Å². The lowest BCUT2D eigenvalue weighted by Crippen LogP contribution is -2.48. The molecule has 6 nitrogen and oxygen atoms in total. The lowest BCUT2D eigenvalue weighted by Gasteiger charge is -2.32. The molecule has 0 saturated carbocycles. The van der Waals surface area contributed by atoms with E-state index in [9.17, 15) is 19.2 Å². The summed E-state index contributed by atoms with van der Waals surface area (Å²) < 4.78 is 5.25. The molecule has 0 aromatic heterocycles. The fraction of sp³-hybridized carbons (Fsp3) is 0.600. The van der Waals surface area contributed by atoms with E-state index in [1.54, 1.807) is 20.8 Å². The Bertz CT molecular complexity index is 636. The number of rotatable bonds is 5. The average Bonchev–Trinajstić information content (AvgIpc) is 2.57. The first-order chi connectivity index (χ1) is 12.5. The largest absolute Gasteiger partial charge is 0.444 e. The zero-order chi connectivity index (χ0) is 21.0. The highest BCUT2D eigenvalue weighted by Crippen LogP contribution is 2.19. The third-order valence-electron chi connectivity index (χ3n) is 3.44. The molecular weight excluding hydrogens is 370 g/mol. The maximum Gasteiger partial charge on any atom is 0.410 e. The van der Waals surface area contributed by atoms with Crippen molar-refractivity contribution in [3.63, 3.8) is 0 Å². The quantitative estimate of drug-likeness (QED) is 0.406. The van der Waals surface area contributed by atoms with Crippen LogP contribution in [0.25, 0.3) is 0 Å². The number of terminal acetylenes is 2. The molecule has 1 unspecified atom stereocenters. The van der Waals surface area contributed by atoms with Crippen molar-refractivity contribution in [3.8, 4) is 24.7 Å². The minimum atomic E-state index is -0.760. The molecule has 1 fully saturated rings. The molecule has 0 aliphatic carbocycles. The van der Waals surface area contributed by atoms with Crippen LogP contribution >= 0.6 is 11.6 Å². The van der Waals surface area contributed by atoms with Crippen LogP contribution in [0.4, 0.5) is 4.79 Å². The normalized spacial score (nSPS) is 16.3. The number of hydrogen-bond donors (Lipinski definition) is 0. The molecule has 27 heavy (non-hydrogen) atoms. The van der Waals surface area contributed by atoms with Gasteiger partial charge in [-0.15, -0.1) is 24.7 Å². The van der Waals surface area contributed by atoms with Crippen LogP contribution in [0, 0.1) is 30.6 Å². The molecule has 148 valence electrons. The molecule has 0 aromatic rings. The van der Waals surface area contributed by atoms with Gasteiger partial charge in [0.05, 0.1) is 5.92 Å². The van der Waals surface area contributed by atoms with E-state index in [0.717, 1.165) is 0 Å². The van der Waals surface area contributed by atoms with Gasteiger partial charge in [-0.25, -0.2) is 4.79 Å². The molecular formula is C20H26ClNO5. The van der Waals surface area contributed by atoms with Crippen LogP contribution in [0.3, 0.4) is 0 Å². The Morgan fingerprint density at radius 2 is 1.74 bits per heavy atom. The van der Waals surface area contributed by atoms with Gasteiger partial charge >= 0.3 is 6.09 Å². The lowest BCUT2D eigenvalue weighted by molar-refractivity contribution is -0.135. The second-order valence-electron chi connectivity index (χ2n) is 6.92. The van der Waals surface area contributed by atoms with Crippen LogP contribution in [-0.2, 0) is 19.1 Å². The Morgan fingerprint density at radius 1 is 1.19 bits per heavy atom. The molecule has 0 aromatic carbocycles. The Hall–Kier alpha value is -2.31. The van der Waals surface area contributed by atoms with Gasteiger partial charge in [0.2, 0.25) is 5.24 Å². The van der Waals surface area contributed by atoms with Gasteiger partial charge in [-0.3, -0.25) is 14.4 Å². The molecule has 1 saturated heterocycles. The van der Waals surface area contributed by atoms with Gasteiger partial charge in [-0.2, -0.15) is 0 Å². The fourth-order valence-electron chi connectivity index (χ4n) is 2.15. The minimum Gasteiger partial charge on any atom is -0.444 e. The van der Waals surface area contributed by atoms with Crippen LogP contribution < -0.4 is 0 Å². The molecule has 1 rings (SSSR count). The van der Waals surface area contributed by atoms with E-state index in [1.807, 2.05) is 0 Å². The maximum atomic E-state index is 12.0. The molecule has 1 amide bonds. The van der Waals surface area contributed by atoms with Crippen LogP contribution in [0.5, 0.6) is 0 Å². The number of piperidine rings is 1. The first-order valence-corrected chi connectivity index (χ1v) is 8.98. The topological polar surface area (TPSA) is 80.8 Å². The number of amides is 1. The van der Waals surface area contributed by atoms with Gasteiger partial charge in [-0.05, 0) is 32.4 Å². The van der Waals surface area contributed by atoms with E-state index in [4.69, 9.17) is 29.2 Å². The van der Waals surface area contributed by atoms with Gasteiger partial charge in [0.1, 0.15) is 17.2 Å². The molecule has 0 spiro atoms. The maximum absolute atomic E-state index is 12.0. The summed E-state index contributed by atoms with van der Waals surface area (Å²) >= 11 is 4.92. The summed E-state index contributed by atoms with van der Waals surface area (Å²) in [5.74, 6) is 3.60. The van der Waals surface area contributed by atoms with Crippen molar-refractivity contribution >= 4 is 34.5 Å². The zero-order valence-electron chi connectivity index (χ0n) is 16.0. The number of carbonyl (C=O) groups excluding carboxylic acids is 4. The SMILES string of the molecule is C#CCCC(=O)C1CN(C(=O)OC(C)(C)C)CCC1=O.C#CCCC(=O)Cl. The molecule has 7 heteroatoms. The molecule has 0 radical (unpaired) electrons. The highest BCUT2D eigenvalue weighted by atomic mass is 35.5. The number of halogens is 1. The Morgan fingerprint density at radius 3 is 2.19 bits per heavy atom. The molecule has 0 N–H and O–H groups in total. The second kappa shape index (κ2) is 12.1. The van der Waals surface area contributed by atoms with Crippen molar-refractivity contribution in [1.29, 1.82) is 0 Å². The Balaban J connectivity index is 0.000000821. The van der Waals surface area contributed by atoms with Gasteiger partial charge in [-0.1, -0.05) is 0 Å². The zero-order valence-corrected chi connectivity index (χ0v) is 16.8. The van der Waals surface area contributed by atoms with E-state index < -0.39 is 17.6 Å². The fourth-order valence-corrected chi connectivity index (χ4v) is 2.24. The molecule has 0 bridgehead atoms.